The maximum atomic E-state index is 12.0. The number of rotatable bonds is 6. The molecule has 19 heavy (non-hydrogen) atoms. The van der Waals surface area contributed by atoms with Crippen molar-refractivity contribution < 1.29 is 18.7 Å². The normalized spacial score (nSPS) is 12.5. The van der Waals surface area contributed by atoms with Gasteiger partial charge in [0.25, 0.3) is 5.91 Å². The first kappa shape index (κ1) is 16.0. The second kappa shape index (κ2) is 7.55. The Bertz CT molecular complexity index is 441. The molecule has 106 valence electrons. The molecule has 0 aliphatic rings. The number of halogens is 3. The largest absolute Gasteiger partial charge is 0.396 e. The Balaban J connectivity index is 2.62. The van der Waals surface area contributed by atoms with E-state index in [0.29, 0.717) is 6.42 Å². The molecule has 0 spiro atoms. The minimum atomic E-state index is -3.02. The lowest BCUT2D eigenvalue weighted by molar-refractivity contribution is -0.131. The molecule has 0 heterocycles. The summed E-state index contributed by atoms with van der Waals surface area (Å²) >= 11 is 3.41. The summed E-state index contributed by atoms with van der Waals surface area (Å²) in [5.74, 6) is -1.58. The van der Waals surface area contributed by atoms with Crippen LogP contribution in [0, 0.1) is 12.8 Å². The van der Waals surface area contributed by atoms with Crippen LogP contribution in [0.3, 0.4) is 0 Å². The van der Waals surface area contributed by atoms with Gasteiger partial charge in [0.05, 0.1) is 0 Å². The summed E-state index contributed by atoms with van der Waals surface area (Å²) in [5.41, 5.74) is 2.06. The Hall–Kier alpha value is -1.01. The Morgan fingerprint density at radius 3 is 2.74 bits per heavy atom. The Labute approximate surface area is 119 Å². The topological polar surface area (TPSA) is 49.3 Å². The summed E-state index contributed by atoms with van der Waals surface area (Å²) in [6.07, 6.45) is -2.50. The molecule has 1 atom stereocenters. The van der Waals surface area contributed by atoms with E-state index in [1.807, 2.05) is 25.1 Å². The van der Waals surface area contributed by atoms with Crippen molar-refractivity contribution in [1.82, 2.24) is 5.32 Å². The number of hydrogen-bond donors (Lipinski definition) is 2. The number of carbonyl (C=O) groups is 1. The van der Waals surface area contributed by atoms with E-state index in [1.54, 1.807) is 0 Å². The van der Waals surface area contributed by atoms with Crippen molar-refractivity contribution in [2.45, 2.75) is 19.8 Å². The first-order valence-electron chi connectivity index (χ1n) is 5.86. The Morgan fingerprint density at radius 2 is 2.16 bits per heavy atom. The molecule has 6 heteroatoms. The van der Waals surface area contributed by atoms with Crippen LogP contribution in [-0.4, -0.2) is 30.6 Å². The molecule has 1 amide bonds. The van der Waals surface area contributed by atoms with E-state index in [2.05, 4.69) is 21.2 Å². The predicted octanol–water partition coefficient (Wildman–Crippen LogP) is 2.29. The lowest BCUT2D eigenvalue weighted by Crippen LogP contribution is -2.35. The van der Waals surface area contributed by atoms with E-state index in [9.17, 15) is 18.7 Å². The maximum Gasteiger partial charge on any atom is 0.315 e. The van der Waals surface area contributed by atoms with E-state index in [1.165, 1.54) is 0 Å². The van der Waals surface area contributed by atoms with Crippen molar-refractivity contribution in [3.8, 4) is 0 Å². The van der Waals surface area contributed by atoms with Crippen molar-refractivity contribution in [2.24, 2.45) is 5.92 Å². The summed E-state index contributed by atoms with van der Waals surface area (Å²) < 4.78 is 25.0. The standard InChI is InChI=1S/C13H16BrF2NO2/c1-8-10(3-2-4-11(8)14)5-9(7-18)6-17-13(19)12(15)16/h2-4,9,12,18H,5-7H2,1H3,(H,17,19)/t9-/m1/s1. The van der Waals surface area contributed by atoms with Crippen LogP contribution in [0.25, 0.3) is 0 Å². The lowest BCUT2D eigenvalue weighted by atomic mass is 9.96. The molecule has 0 unspecified atom stereocenters. The second-order valence-electron chi connectivity index (χ2n) is 4.32. The van der Waals surface area contributed by atoms with Crippen molar-refractivity contribution in [3.63, 3.8) is 0 Å². The van der Waals surface area contributed by atoms with Crippen molar-refractivity contribution in [2.75, 3.05) is 13.2 Å². The number of aliphatic hydroxyl groups excluding tert-OH is 1. The maximum absolute atomic E-state index is 12.0. The summed E-state index contributed by atoms with van der Waals surface area (Å²) in [7, 11) is 0. The van der Waals surface area contributed by atoms with Crippen molar-refractivity contribution in [1.29, 1.82) is 0 Å². The van der Waals surface area contributed by atoms with Crippen LogP contribution < -0.4 is 5.32 Å². The van der Waals surface area contributed by atoms with Crippen LogP contribution in [-0.2, 0) is 11.2 Å². The smallest absolute Gasteiger partial charge is 0.315 e. The van der Waals surface area contributed by atoms with E-state index in [-0.39, 0.29) is 19.1 Å². The van der Waals surface area contributed by atoms with E-state index in [4.69, 9.17) is 0 Å². The molecule has 1 rings (SSSR count). The average Bonchev–Trinajstić information content (AvgIpc) is 2.38. The highest BCUT2D eigenvalue weighted by molar-refractivity contribution is 9.10. The number of nitrogens with one attached hydrogen (secondary N) is 1. The van der Waals surface area contributed by atoms with Gasteiger partial charge in [0.2, 0.25) is 0 Å². The van der Waals surface area contributed by atoms with Gasteiger partial charge in [0, 0.05) is 23.5 Å². The molecule has 3 nitrogen and oxygen atoms in total. The fourth-order valence-corrected chi connectivity index (χ4v) is 2.11. The van der Waals surface area contributed by atoms with Crippen LogP contribution in [0.1, 0.15) is 11.1 Å². The molecule has 0 aliphatic heterocycles. The molecule has 0 bridgehead atoms. The van der Waals surface area contributed by atoms with Crippen LogP contribution in [0.15, 0.2) is 22.7 Å². The Kier molecular flexibility index (Phi) is 6.37. The number of carbonyl (C=O) groups excluding carboxylic acids is 1. The first-order valence-corrected chi connectivity index (χ1v) is 6.65. The third-order valence-electron chi connectivity index (χ3n) is 2.91. The molecule has 0 aliphatic carbocycles. The fourth-order valence-electron chi connectivity index (χ4n) is 1.71. The van der Waals surface area contributed by atoms with E-state index in [0.717, 1.165) is 15.6 Å². The summed E-state index contributed by atoms with van der Waals surface area (Å²) in [6, 6.07) is 5.70. The highest BCUT2D eigenvalue weighted by Gasteiger charge is 2.17. The quantitative estimate of drug-likeness (QED) is 0.838. The van der Waals surface area contributed by atoms with Gasteiger partial charge in [0.15, 0.2) is 0 Å². The van der Waals surface area contributed by atoms with Crippen molar-refractivity contribution >= 4 is 21.8 Å². The monoisotopic (exact) mass is 335 g/mol. The lowest BCUT2D eigenvalue weighted by Gasteiger charge is -2.17. The zero-order chi connectivity index (χ0) is 14.4. The summed E-state index contributed by atoms with van der Waals surface area (Å²) in [5, 5.41) is 11.4. The van der Waals surface area contributed by atoms with Crippen LogP contribution >= 0.6 is 15.9 Å². The van der Waals surface area contributed by atoms with Gasteiger partial charge < -0.3 is 10.4 Å². The molecular weight excluding hydrogens is 320 g/mol. The fraction of sp³-hybridized carbons (Fsp3) is 0.462. The number of alkyl halides is 2. The van der Waals surface area contributed by atoms with Crippen LogP contribution in [0.4, 0.5) is 8.78 Å². The zero-order valence-electron chi connectivity index (χ0n) is 10.5. The SMILES string of the molecule is Cc1c(Br)cccc1C[C@@H](CO)CNC(=O)C(F)F. The van der Waals surface area contributed by atoms with Gasteiger partial charge in [0.1, 0.15) is 0 Å². The highest BCUT2D eigenvalue weighted by atomic mass is 79.9. The molecule has 1 aromatic rings. The van der Waals surface area contributed by atoms with Gasteiger partial charge in [-0.1, -0.05) is 28.1 Å². The van der Waals surface area contributed by atoms with Gasteiger partial charge in [-0.3, -0.25) is 4.79 Å². The number of amides is 1. The number of benzene rings is 1. The van der Waals surface area contributed by atoms with Crippen LogP contribution in [0.5, 0.6) is 0 Å². The molecule has 0 aromatic heterocycles. The predicted molar refractivity (Wildman–Crippen MR) is 72.2 cm³/mol. The van der Waals surface area contributed by atoms with Gasteiger partial charge >= 0.3 is 6.43 Å². The van der Waals surface area contributed by atoms with Gasteiger partial charge in [-0.2, -0.15) is 8.78 Å². The number of aliphatic hydroxyl groups is 1. The van der Waals surface area contributed by atoms with E-state index < -0.39 is 12.3 Å². The third kappa shape index (κ3) is 4.87. The van der Waals surface area contributed by atoms with Gasteiger partial charge in [-0.25, -0.2) is 0 Å². The minimum absolute atomic E-state index is 0.0334. The molecular formula is C13H16BrF2NO2. The highest BCUT2D eigenvalue weighted by Crippen LogP contribution is 2.21. The summed E-state index contributed by atoms with van der Waals surface area (Å²) in [6.45, 7) is 1.80. The Morgan fingerprint density at radius 1 is 1.47 bits per heavy atom. The van der Waals surface area contributed by atoms with Gasteiger partial charge in [-0.05, 0) is 30.5 Å². The molecule has 0 saturated heterocycles. The molecule has 1 aromatic carbocycles. The third-order valence-corrected chi connectivity index (χ3v) is 3.77. The number of hydrogen-bond acceptors (Lipinski definition) is 2. The van der Waals surface area contributed by atoms with Crippen LogP contribution in [0.2, 0.25) is 0 Å². The van der Waals surface area contributed by atoms with Gasteiger partial charge in [-0.15, -0.1) is 0 Å². The molecule has 0 radical (unpaired) electrons. The van der Waals surface area contributed by atoms with Crippen molar-refractivity contribution in [3.05, 3.63) is 33.8 Å². The molecule has 2 N–H and O–H groups in total. The molecule has 0 saturated carbocycles. The first-order chi connectivity index (χ1) is 8.95. The summed E-state index contributed by atoms with van der Waals surface area (Å²) in [4.78, 5) is 10.8. The second-order valence-corrected chi connectivity index (χ2v) is 5.18. The molecule has 0 fully saturated rings. The minimum Gasteiger partial charge on any atom is -0.396 e. The van der Waals surface area contributed by atoms with E-state index >= 15 is 0 Å². The zero-order valence-corrected chi connectivity index (χ0v) is 12.1. The average molecular weight is 336 g/mol.